The lowest BCUT2D eigenvalue weighted by molar-refractivity contribution is 0.0126. The molecule has 1 aromatic heterocycles. The Hall–Kier alpha value is -1.42. The SMILES string of the molecule is CCOc1cncc(C(=O)C(OCC)C2CCCCC2)c1. The molecule has 0 aliphatic heterocycles. The third kappa shape index (κ3) is 4.27. The highest BCUT2D eigenvalue weighted by Gasteiger charge is 2.31. The lowest BCUT2D eigenvalue weighted by atomic mass is 9.82. The second-order valence-electron chi connectivity index (χ2n) is 5.48. The fourth-order valence-corrected chi connectivity index (χ4v) is 3.01. The van der Waals surface area contributed by atoms with Crippen LogP contribution in [0.15, 0.2) is 18.5 Å². The van der Waals surface area contributed by atoms with E-state index in [-0.39, 0.29) is 11.9 Å². The molecule has 0 amide bonds. The van der Waals surface area contributed by atoms with Crippen molar-refractivity contribution >= 4 is 5.78 Å². The van der Waals surface area contributed by atoms with Gasteiger partial charge in [0.1, 0.15) is 11.9 Å². The van der Waals surface area contributed by atoms with Crippen molar-refractivity contribution in [1.29, 1.82) is 0 Å². The number of hydrogen-bond acceptors (Lipinski definition) is 4. The highest BCUT2D eigenvalue weighted by molar-refractivity contribution is 5.99. The molecule has 4 heteroatoms. The summed E-state index contributed by atoms with van der Waals surface area (Å²) < 4.78 is 11.2. The van der Waals surface area contributed by atoms with E-state index in [4.69, 9.17) is 9.47 Å². The lowest BCUT2D eigenvalue weighted by Gasteiger charge is -2.29. The number of ether oxygens (including phenoxy) is 2. The number of rotatable bonds is 7. The summed E-state index contributed by atoms with van der Waals surface area (Å²) in [5.41, 5.74) is 0.588. The van der Waals surface area contributed by atoms with Gasteiger partial charge >= 0.3 is 0 Å². The van der Waals surface area contributed by atoms with Crippen LogP contribution in [0.1, 0.15) is 56.3 Å². The topological polar surface area (TPSA) is 48.4 Å². The number of aromatic nitrogens is 1. The van der Waals surface area contributed by atoms with Crippen LogP contribution >= 0.6 is 0 Å². The van der Waals surface area contributed by atoms with Gasteiger partial charge < -0.3 is 9.47 Å². The van der Waals surface area contributed by atoms with E-state index < -0.39 is 0 Å². The van der Waals surface area contributed by atoms with E-state index in [1.807, 2.05) is 13.8 Å². The van der Waals surface area contributed by atoms with Crippen LogP contribution in [0.4, 0.5) is 0 Å². The molecule has 1 aromatic rings. The van der Waals surface area contributed by atoms with E-state index in [1.54, 1.807) is 18.5 Å². The Labute approximate surface area is 126 Å². The zero-order valence-corrected chi connectivity index (χ0v) is 13.0. The molecule has 21 heavy (non-hydrogen) atoms. The molecule has 1 aliphatic rings. The van der Waals surface area contributed by atoms with Crippen LogP contribution in [-0.2, 0) is 4.74 Å². The van der Waals surface area contributed by atoms with Crippen LogP contribution in [0, 0.1) is 5.92 Å². The van der Waals surface area contributed by atoms with Crippen molar-refractivity contribution in [2.75, 3.05) is 13.2 Å². The number of nitrogens with zero attached hydrogens (tertiary/aromatic N) is 1. The molecule has 1 fully saturated rings. The van der Waals surface area contributed by atoms with Gasteiger partial charge in [0.15, 0.2) is 5.78 Å². The summed E-state index contributed by atoms with van der Waals surface area (Å²) in [5.74, 6) is 1.02. The number of Topliss-reactive ketones (excluding diaryl/α,β-unsaturated/α-hetero) is 1. The fraction of sp³-hybridized carbons (Fsp3) is 0.647. The average Bonchev–Trinajstić information content (AvgIpc) is 2.53. The number of ketones is 1. The number of carbonyl (C=O) groups excluding carboxylic acids is 1. The molecule has 1 aliphatic carbocycles. The van der Waals surface area contributed by atoms with Gasteiger partial charge in [-0.2, -0.15) is 0 Å². The highest BCUT2D eigenvalue weighted by atomic mass is 16.5. The molecule has 1 unspecified atom stereocenters. The predicted octanol–water partition coefficient (Wildman–Crippen LogP) is 3.65. The Morgan fingerprint density at radius 1 is 1.24 bits per heavy atom. The number of carbonyl (C=O) groups is 1. The first-order valence-corrected chi connectivity index (χ1v) is 8.00. The van der Waals surface area contributed by atoms with Crippen LogP contribution in [0.3, 0.4) is 0 Å². The molecule has 0 aromatic carbocycles. The molecular formula is C17H25NO3. The minimum atomic E-state index is -0.339. The normalized spacial score (nSPS) is 17.4. The Bertz CT molecular complexity index is 455. The first kappa shape index (κ1) is 16.0. The van der Waals surface area contributed by atoms with E-state index in [1.165, 1.54) is 19.3 Å². The first-order chi connectivity index (χ1) is 10.3. The summed E-state index contributed by atoms with van der Waals surface area (Å²) >= 11 is 0. The molecule has 0 spiro atoms. The zero-order valence-electron chi connectivity index (χ0n) is 13.0. The molecule has 1 atom stereocenters. The summed E-state index contributed by atoms with van der Waals surface area (Å²) in [6, 6.07) is 1.77. The van der Waals surface area contributed by atoms with E-state index >= 15 is 0 Å². The molecular weight excluding hydrogens is 266 g/mol. The second kappa shape index (κ2) is 8.13. The molecule has 0 bridgehead atoms. The molecule has 1 saturated carbocycles. The van der Waals surface area contributed by atoms with Gasteiger partial charge in [0.05, 0.1) is 12.8 Å². The van der Waals surface area contributed by atoms with Crippen molar-refractivity contribution in [2.45, 2.75) is 52.1 Å². The summed E-state index contributed by atoms with van der Waals surface area (Å²) in [6.45, 7) is 4.99. The Morgan fingerprint density at radius 2 is 2.00 bits per heavy atom. The smallest absolute Gasteiger partial charge is 0.193 e. The van der Waals surface area contributed by atoms with Crippen molar-refractivity contribution in [2.24, 2.45) is 5.92 Å². The van der Waals surface area contributed by atoms with Crippen LogP contribution in [0.5, 0.6) is 5.75 Å². The molecule has 0 saturated heterocycles. The zero-order chi connectivity index (χ0) is 15.1. The van der Waals surface area contributed by atoms with Gasteiger partial charge in [0.2, 0.25) is 0 Å². The molecule has 116 valence electrons. The third-order valence-electron chi connectivity index (χ3n) is 3.99. The van der Waals surface area contributed by atoms with Crippen molar-refractivity contribution in [3.63, 3.8) is 0 Å². The van der Waals surface area contributed by atoms with Gasteiger partial charge in [-0.25, -0.2) is 0 Å². The minimum absolute atomic E-state index is 0.0396. The summed E-state index contributed by atoms with van der Waals surface area (Å²) in [6.07, 6.45) is 8.72. The summed E-state index contributed by atoms with van der Waals surface area (Å²) in [4.78, 5) is 16.9. The monoisotopic (exact) mass is 291 g/mol. The van der Waals surface area contributed by atoms with Gasteiger partial charge in [0.25, 0.3) is 0 Å². The van der Waals surface area contributed by atoms with E-state index in [0.717, 1.165) is 12.8 Å². The van der Waals surface area contributed by atoms with Crippen molar-refractivity contribution in [3.05, 3.63) is 24.0 Å². The van der Waals surface area contributed by atoms with Gasteiger partial charge in [-0.1, -0.05) is 19.3 Å². The maximum absolute atomic E-state index is 12.8. The van der Waals surface area contributed by atoms with Crippen molar-refractivity contribution in [1.82, 2.24) is 4.98 Å². The molecule has 2 rings (SSSR count). The Kier molecular flexibility index (Phi) is 6.18. The largest absolute Gasteiger partial charge is 0.492 e. The first-order valence-electron chi connectivity index (χ1n) is 8.00. The minimum Gasteiger partial charge on any atom is -0.492 e. The number of pyridine rings is 1. The van der Waals surface area contributed by atoms with Crippen LogP contribution in [0.2, 0.25) is 0 Å². The van der Waals surface area contributed by atoms with E-state index in [9.17, 15) is 4.79 Å². The maximum atomic E-state index is 12.8. The summed E-state index contributed by atoms with van der Waals surface area (Å²) in [5, 5.41) is 0. The summed E-state index contributed by atoms with van der Waals surface area (Å²) in [7, 11) is 0. The van der Waals surface area contributed by atoms with Crippen LogP contribution < -0.4 is 4.74 Å². The van der Waals surface area contributed by atoms with Crippen LogP contribution in [0.25, 0.3) is 0 Å². The molecule has 1 heterocycles. The van der Waals surface area contributed by atoms with Gasteiger partial charge in [0, 0.05) is 18.4 Å². The fourth-order valence-electron chi connectivity index (χ4n) is 3.01. The second-order valence-corrected chi connectivity index (χ2v) is 5.48. The maximum Gasteiger partial charge on any atom is 0.193 e. The average molecular weight is 291 g/mol. The predicted molar refractivity (Wildman–Crippen MR) is 81.7 cm³/mol. The van der Waals surface area contributed by atoms with Gasteiger partial charge in [-0.3, -0.25) is 9.78 Å². The Balaban J connectivity index is 2.14. The van der Waals surface area contributed by atoms with Gasteiger partial charge in [-0.05, 0) is 38.7 Å². The standard InChI is InChI=1S/C17H25NO3/c1-3-20-15-10-14(11-18-12-15)16(19)17(21-4-2)13-8-6-5-7-9-13/h10-13,17H,3-9H2,1-2H3. The van der Waals surface area contributed by atoms with Crippen molar-refractivity contribution in [3.8, 4) is 5.75 Å². The van der Waals surface area contributed by atoms with Gasteiger partial charge in [-0.15, -0.1) is 0 Å². The quantitative estimate of drug-likeness (QED) is 0.719. The van der Waals surface area contributed by atoms with E-state index in [0.29, 0.717) is 30.4 Å². The molecule has 4 nitrogen and oxygen atoms in total. The molecule has 0 radical (unpaired) electrons. The lowest BCUT2D eigenvalue weighted by Crippen LogP contribution is -2.34. The third-order valence-corrected chi connectivity index (χ3v) is 3.99. The Morgan fingerprint density at radius 3 is 2.67 bits per heavy atom. The van der Waals surface area contributed by atoms with Crippen LogP contribution in [-0.4, -0.2) is 30.1 Å². The molecule has 0 N–H and O–H groups in total. The highest BCUT2D eigenvalue weighted by Crippen LogP contribution is 2.30. The van der Waals surface area contributed by atoms with E-state index in [2.05, 4.69) is 4.98 Å². The number of hydrogen-bond donors (Lipinski definition) is 0. The van der Waals surface area contributed by atoms with Crippen molar-refractivity contribution < 1.29 is 14.3 Å².